The van der Waals surface area contributed by atoms with Crippen LogP contribution in [0.3, 0.4) is 0 Å². The molecule has 2 rings (SSSR count). The fourth-order valence-corrected chi connectivity index (χ4v) is 2.05. The highest BCUT2D eigenvalue weighted by atomic mass is 19.4. The molecule has 2 aromatic rings. The highest BCUT2D eigenvalue weighted by Crippen LogP contribution is 2.37. The van der Waals surface area contributed by atoms with Gasteiger partial charge in [0.25, 0.3) is 5.91 Å². The molecule has 0 aliphatic heterocycles. The molecule has 0 spiro atoms. The summed E-state index contributed by atoms with van der Waals surface area (Å²) < 4.78 is 77.1. The van der Waals surface area contributed by atoms with Gasteiger partial charge in [0.05, 0.1) is 23.0 Å². The molecule has 1 N–H and O–H groups in total. The van der Waals surface area contributed by atoms with Gasteiger partial charge < -0.3 is 5.32 Å². The summed E-state index contributed by atoms with van der Waals surface area (Å²) in [6, 6.07) is 0.821. The van der Waals surface area contributed by atoms with Crippen molar-refractivity contribution < 1.29 is 31.1 Å². The van der Waals surface area contributed by atoms with Crippen molar-refractivity contribution in [3.8, 4) is 0 Å². The molecule has 1 heterocycles. The van der Waals surface area contributed by atoms with Gasteiger partial charge in [0.2, 0.25) is 0 Å². The van der Waals surface area contributed by atoms with Gasteiger partial charge in [-0.1, -0.05) is 20.8 Å². The van der Waals surface area contributed by atoms with E-state index >= 15 is 0 Å². The van der Waals surface area contributed by atoms with Crippen LogP contribution in [-0.4, -0.2) is 15.9 Å². The SMILES string of the molecule is CC(C)(C)c1cnc(C(=O)Nc2cc(C(F)(F)F)cc(C(F)(F)F)c2)cn1. The third kappa shape index (κ3) is 5.18. The molecule has 0 unspecified atom stereocenters. The van der Waals surface area contributed by atoms with E-state index in [1.165, 1.54) is 6.20 Å². The van der Waals surface area contributed by atoms with Crippen molar-refractivity contribution in [1.29, 1.82) is 0 Å². The van der Waals surface area contributed by atoms with Gasteiger partial charge in [-0.15, -0.1) is 0 Å². The number of rotatable bonds is 2. The summed E-state index contributed by atoms with van der Waals surface area (Å²) in [7, 11) is 0. The largest absolute Gasteiger partial charge is 0.416 e. The molecule has 0 atom stereocenters. The van der Waals surface area contributed by atoms with Gasteiger partial charge in [-0.25, -0.2) is 4.98 Å². The molecular formula is C17H15F6N3O. The zero-order chi connectivity index (χ0) is 20.6. The highest BCUT2D eigenvalue weighted by molar-refractivity contribution is 6.02. The molecule has 0 aliphatic carbocycles. The van der Waals surface area contributed by atoms with Crippen LogP contribution in [-0.2, 0) is 17.8 Å². The summed E-state index contributed by atoms with van der Waals surface area (Å²) in [6.07, 6.45) is -7.58. The molecule has 0 radical (unpaired) electrons. The number of aromatic nitrogens is 2. The van der Waals surface area contributed by atoms with E-state index in [4.69, 9.17) is 0 Å². The van der Waals surface area contributed by atoms with E-state index in [0.717, 1.165) is 6.20 Å². The number of carbonyl (C=O) groups is 1. The van der Waals surface area contributed by atoms with Crippen LogP contribution in [0.15, 0.2) is 30.6 Å². The van der Waals surface area contributed by atoms with E-state index < -0.39 is 35.1 Å². The van der Waals surface area contributed by atoms with Crippen LogP contribution in [0.4, 0.5) is 32.0 Å². The first-order valence-corrected chi connectivity index (χ1v) is 7.61. The second-order valence-electron chi connectivity index (χ2n) is 6.79. The first-order chi connectivity index (χ1) is 12.2. The van der Waals surface area contributed by atoms with Crippen molar-refractivity contribution in [3.63, 3.8) is 0 Å². The van der Waals surface area contributed by atoms with Gasteiger partial charge in [0, 0.05) is 17.3 Å². The molecule has 0 saturated carbocycles. The highest BCUT2D eigenvalue weighted by Gasteiger charge is 2.37. The minimum absolute atomic E-state index is 0.0203. The van der Waals surface area contributed by atoms with Crippen LogP contribution in [0.1, 0.15) is 48.1 Å². The third-order valence-corrected chi connectivity index (χ3v) is 3.50. The predicted molar refractivity (Wildman–Crippen MR) is 85.1 cm³/mol. The zero-order valence-corrected chi connectivity index (χ0v) is 14.5. The van der Waals surface area contributed by atoms with Crippen LogP contribution in [0, 0.1) is 0 Å². The van der Waals surface area contributed by atoms with Gasteiger partial charge >= 0.3 is 12.4 Å². The maximum Gasteiger partial charge on any atom is 0.416 e. The zero-order valence-electron chi connectivity index (χ0n) is 14.5. The van der Waals surface area contributed by atoms with E-state index in [2.05, 4.69) is 9.97 Å². The lowest BCUT2D eigenvalue weighted by Gasteiger charge is -2.17. The van der Waals surface area contributed by atoms with Gasteiger partial charge in [-0.05, 0) is 18.2 Å². The lowest BCUT2D eigenvalue weighted by Crippen LogP contribution is -2.19. The topological polar surface area (TPSA) is 54.9 Å². The molecular weight excluding hydrogens is 376 g/mol. The summed E-state index contributed by atoms with van der Waals surface area (Å²) in [5, 5.41) is 2.00. The Morgan fingerprint density at radius 3 is 1.74 bits per heavy atom. The van der Waals surface area contributed by atoms with Crippen molar-refractivity contribution in [2.24, 2.45) is 0 Å². The molecule has 0 aliphatic rings. The quantitative estimate of drug-likeness (QED) is 0.728. The van der Waals surface area contributed by atoms with Crippen LogP contribution < -0.4 is 5.32 Å². The Hall–Kier alpha value is -2.65. The molecule has 1 amide bonds. The van der Waals surface area contributed by atoms with E-state index in [-0.39, 0.29) is 17.2 Å². The summed E-state index contributed by atoms with van der Waals surface area (Å²) in [4.78, 5) is 20.0. The van der Waals surface area contributed by atoms with Gasteiger partial charge in [-0.2, -0.15) is 26.3 Å². The molecule has 4 nitrogen and oxygen atoms in total. The van der Waals surface area contributed by atoms with E-state index in [1.54, 1.807) is 0 Å². The number of hydrogen-bond donors (Lipinski definition) is 1. The number of nitrogens with one attached hydrogen (secondary N) is 1. The minimum atomic E-state index is -5.01. The first-order valence-electron chi connectivity index (χ1n) is 7.61. The van der Waals surface area contributed by atoms with E-state index in [0.29, 0.717) is 17.8 Å². The molecule has 27 heavy (non-hydrogen) atoms. The minimum Gasteiger partial charge on any atom is -0.321 e. The number of amides is 1. The summed E-state index contributed by atoms with van der Waals surface area (Å²) in [6.45, 7) is 5.58. The monoisotopic (exact) mass is 391 g/mol. The molecule has 10 heteroatoms. The molecule has 146 valence electrons. The number of hydrogen-bond acceptors (Lipinski definition) is 3. The van der Waals surface area contributed by atoms with Gasteiger partial charge in [0.15, 0.2) is 0 Å². The molecule has 0 fully saturated rings. The number of nitrogens with zero attached hydrogens (tertiary/aromatic N) is 2. The Labute approximate surface area is 150 Å². The van der Waals surface area contributed by atoms with Crippen LogP contribution >= 0.6 is 0 Å². The molecule has 1 aromatic carbocycles. The number of alkyl halides is 6. The van der Waals surface area contributed by atoms with Crippen LogP contribution in [0.25, 0.3) is 0 Å². The molecule has 0 saturated heterocycles. The Morgan fingerprint density at radius 2 is 1.37 bits per heavy atom. The fourth-order valence-electron chi connectivity index (χ4n) is 2.05. The summed E-state index contributed by atoms with van der Waals surface area (Å²) >= 11 is 0. The Bertz CT molecular complexity index is 803. The third-order valence-electron chi connectivity index (χ3n) is 3.50. The van der Waals surface area contributed by atoms with Gasteiger partial charge in [0.1, 0.15) is 5.69 Å². The van der Waals surface area contributed by atoms with Crippen LogP contribution in [0.2, 0.25) is 0 Å². The Morgan fingerprint density at radius 1 is 0.852 bits per heavy atom. The van der Waals surface area contributed by atoms with Crippen molar-refractivity contribution in [1.82, 2.24) is 9.97 Å². The fraction of sp³-hybridized carbons (Fsp3) is 0.353. The second kappa shape index (κ2) is 6.82. The van der Waals surface area contributed by atoms with E-state index in [1.807, 2.05) is 26.1 Å². The maximum atomic E-state index is 12.9. The summed E-state index contributed by atoms with van der Waals surface area (Å²) in [5.74, 6) is -0.976. The predicted octanol–water partition coefficient (Wildman–Crippen LogP) is 5.06. The second-order valence-corrected chi connectivity index (χ2v) is 6.79. The van der Waals surface area contributed by atoms with Crippen molar-refractivity contribution >= 4 is 11.6 Å². The normalized spacial score (nSPS) is 12.8. The number of halogens is 6. The van der Waals surface area contributed by atoms with Gasteiger partial charge in [-0.3, -0.25) is 9.78 Å². The van der Waals surface area contributed by atoms with Crippen molar-refractivity contribution in [2.75, 3.05) is 5.32 Å². The van der Waals surface area contributed by atoms with E-state index in [9.17, 15) is 31.1 Å². The Kier molecular flexibility index (Phi) is 5.22. The lowest BCUT2D eigenvalue weighted by molar-refractivity contribution is -0.143. The number of benzene rings is 1. The average Bonchev–Trinajstić information content (AvgIpc) is 2.52. The first kappa shape index (κ1) is 20.7. The van der Waals surface area contributed by atoms with Crippen molar-refractivity contribution in [2.45, 2.75) is 38.5 Å². The standard InChI is InChI=1S/C17H15F6N3O/c1-15(2,3)13-8-24-12(7-25-13)14(27)26-11-5-9(16(18,19)20)4-10(6-11)17(21,22)23/h4-8H,1-3H3,(H,26,27). The number of carbonyl (C=O) groups excluding carboxylic acids is 1. The average molecular weight is 391 g/mol. The lowest BCUT2D eigenvalue weighted by atomic mass is 9.93. The maximum absolute atomic E-state index is 12.9. The van der Waals surface area contributed by atoms with Crippen molar-refractivity contribution in [3.05, 3.63) is 53.1 Å². The Balaban J connectivity index is 2.34. The number of anilines is 1. The molecule has 0 bridgehead atoms. The van der Waals surface area contributed by atoms with Crippen LogP contribution in [0.5, 0.6) is 0 Å². The summed E-state index contributed by atoms with van der Waals surface area (Å²) in [5.41, 5.74) is -3.72. The molecule has 1 aromatic heterocycles. The smallest absolute Gasteiger partial charge is 0.321 e.